The van der Waals surface area contributed by atoms with Gasteiger partial charge in [0.15, 0.2) is 0 Å². The summed E-state index contributed by atoms with van der Waals surface area (Å²) < 4.78 is 11.8. The number of aromatic nitrogens is 2. The highest BCUT2D eigenvalue weighted by Gasteiger charge is 2.31. The third kappa shape index (κ3) is 6.57. The lowest BCUT2D eigenvalue weighted by Crippen LogP contribution is -2.48. The molecule has 1 aromatic carbocycles. The molecule has 10 heteroatoms. The van der Waals surface area contributed by atoms with Gasteiger partial charge in [-0.3, -0.25) is 19.4 Å². The van der Waals surface area contributed by atoms with Crippen molar-refractivity contribution in [3.63, 3.8) is 0 Å². The van der Waals surface area contributed by atoms with E-state index in [1.165, 1.54) is 18.6 Å². The van der Waals surface area contributed by atoms with Crippen molar-refractivity contribution in [3.05, 3.63) is 48.0 Å². The van der Waals surface area contributed by atoms with E-state index < -0.39 is 0 Å². The van der Waals surface area contributed by atoms with Gasteiger partial charge in [0, 0.05) is 57.7 Å². The number of methoxy groups -OCH3 is 1. The van der Waals surface area contributed by atoms with Gasteiger partial charge in [-0.2, -0.15) is 0 Å². The van der Waals surface area contributed by atoms with Crippen molar-refractivity contribution >= 4 is 23.4 Å². The maximum atomic E-state index is 13.4. The second kappa shape index (κ2) is 12.4. The average Bonchev–Trinajstić information content (AvgIpc) is 2.88. The first-order chi connectivity index (χ1) is 17.2. The van der Waals surface area contributed by atoms with Crippen molar-refractivity contribution in [1.82, 2.24) is 19.8 Å². The van der Waals surface area contributed by atoms with Crippen molar-refractivity contribution in [2.45, 2.75) is 45.8 Å². The summed E-state index contributed by atoms with van der Waals surface area (Å²) in [7, 11) is 3.30. The Balaban J connectivity index is 1.96. The third-order valence-corrected chi connectivity index (χ3v) is 6.25. The SMILES string of the molecule is CCCC(=O)Nc1ccc2c(c1)C(=O)N(C)C[C@H](OC)[C@@H](C)CN(C(=O)c1cnccn1)[C@H](C)CO2. The molecule has 0 radical (unpaired) electrons. The standard InChI is InChI=1S/C26H35N5O5/c1-6-7-24(32)29-19-8-9-22-20(12-19)25(33)30(4)15-23(35-5)17(2)14-31(18(3)16-36-22)26(34)21-13-27-10-11-28-21/h8-13,17-18,23H,6-7,14-16H2,1-5H3,(H,29,32)/t17-,18+,23-/m0/s1. The van der Waals surface area contributed by atoms with Crippen LogP contribution in [0.1, 0.15) is 54.5 Å². The lowest BCUT2D eigenvalue weighted by molar-refractivity contribution is -0.116. The van der Waals surface area contributed by atoms with Crippen LogP contribution in [0.4, 0.5) is 5.69 Å². The number of ether oxygens (including phenoxy) is 2. The zero-order valence-corrected chi connectivity index (χ0v) is 21.6. The Morgan fingerprint density at radius 1 is 1.22 bits per heavy atom. The number of hydrogen-bond acceptors (Lipinski definition) is 7. The molecule has 36 heavy (non-hydrogen) atoms. The van der Waals surface area contributed by atoms with Crippen LogP contribution in [0.25, 0.3) is 0 Å². The van der Waals surface area contributed by atoms with Gasteiger partial charge >= 0.3 is 0 Å². The molecule has 0 saturated carbocycles. The number of rotatable bonds is 5. The maximum absolute atomic E-state index is 13.4. The summed E-state index contributed by atoms with van der Waals surface area (Å²) in [6.07, 6.45) is 5.24. The van der Waals surface area contributed by atoms with Crippen LogP contribution >= 0.6 is 0 Å². The van der Waals surface area contributed by atoms with Gasteiger partial charge in [-0.05, 0) is 31.5 Å². The Morgan fingerprint density at radius 3 is 2.67 bits per heavy atom. The Morgan fingerprint density at radius 2 is 2.00 bits per heavy atom. The Kier molecular flexibility index (Phi) is 9.35. The molecule has 1 aliphatic heterocycles. The van der Waals surface area contributed by atoms with E-state index in [-0.39, 0.29) is 48.1 Å². The van der Waals surface area contributed by atoms with Gasteiger partial charge in [0.2, 0.25) is 5.91 Å². The lowest BCUT2D eigenvalue weighted by atomic mass is 10.0. The Labute approximate surface area is 212 Å². The Bertz CT molecular complexity index is 1060. The van der Waals surface area contributed by atoms with Crippen LogP contribution in [0.3, 0.4) is 0 Å². The smallest absolute Gasteiger partial charge is 0.274 e. The first-order valence-electron chi connectivity index (χ1n) is 12.2. The molecule has 1 N–H and O–H groups in total. The van der Waals surface area contributed by atoms with Crippen LogP contribution < -0.4 is 10.1 Å². The molecule has 0 aliphatic carbocycles. The molecule has 3 rings (SSSR count). The van der Waals surface area contributed by atoms with Gasteiger partial charge in [0.1, 0.15) is 18.1 Å². The summed E-state index contributed by atoms with van der Waals surface area (Å²) in [6, 6.07) is 4.68. The van der Waals surface area contributed by atoms with E-state index in [1.807, 2.05) is 20.8 Å². The topological polar surface area (TPSA) is 114 Å². The number of carbonyl (C=O) groups is 3. The van der Waals surface area contributed by atoms with E-state index in [0.29, 0.717) is 36.5 Å². The summed E-state index contributed by atoms with van der Waals surface area (Å²) in [6.45, 7) is 6.65. The number of nitrogens with one attached hydrogen (secondary N) is 1. The molecule has 3 atom stereocenters. The first-order valence-corrected chi connectivity index (χ1v) is 12.2. The molecular weight excluding hydrogens is 462 g/mol. The summed E-state index contributed by atoms with van der Waals surface area (Å²) in [4.78, 5) is 50.4. The second-order valence-corrected chi connectivity index (χ2v) is 9.15. The highest BCUT2D eigenvalue weighted by atomic mass is 16.5. The minimum atomic E-state index is -0.330. The van der Waals surface area contributed by atoms with Crippen LogP contribution in [0, 0.1) is 5.92 Å². The van der Waals surface area contributed by atoms with Crippen molar-refractivity contribution in [3.8, 4) is 5.75 Å². The number of hydrogen-bond donors (Lipinski definition) is 1. The summed E-state index contributed by atoms with van der Waals surface area (Å²) in [5, 5.41) is 2.83. The quantitative estimate of drug-likeness (QED) is 0.676. The van der Waals surface area contributed by atoms with Gasteiger partial charge in [0.05, 0.1) is 23.9 Å². The lowest BCUT2D eigenvalue weighted by Gasteiger charge is -2.35. The normalized spacial score (nSPS) is 21.0. The predicted octanol–water partition coefficient (Wildman–Crippen LogP) is 2.86. The molecule has 0 spiro atoms. The molecule has 1 aliphatic rings. The zero-order valence-electron chi connectivity index (χ0n) is 21.6. The van der Waals surface area contributed by atoms with Crippen molar-refractivity contribution in [2.24, 2.45) is 5.92 Å². The van der Waals surface area contributed by atoms with Gasteiger partial charge in [-0.25, -0.2) is 4.98 Å². The maximum Gasteiger partial charge on any atom is 0.274 e. The van der Waals surface area contributed by atoms with E-state index in [2.05, 4.69) is 15.3 Å². The van der Waals surface area contributed by atoms with Crippen LogP contribution in [0.5, 0.6) is 5.75 Å². The fourth-order valence-electron chi connectivity index (χ4n) is 4.14. The first kappa shape index (κ1) is 27.1. The Hall–Kier alpha value is -3.53. The monoisotopic (exact) mass is 497 g/mol. The van der Waals surface area contributed by atoms with Crippen LogP contribution in [-0.4, -0.2) is 83.5 Å². The average molecular weight is 498 g/mol. The van der Waals surface area contributed by atoms with Crippen LogP contribution in [0.2, 0.25) is 0 Å². The molecule has 2 heterocycles. The molecule has 0 unspecified atom stereocenters. The predicted molar refractivity (Wildman–Crippen MR) is 135 cm³/mol. The minimum absolute atomic E-state index is 0.0908. The molecular formula is C26H35N5O5. The van der Waals surface area contributed by atoms with Crippen LogP contribution in [0.15, 0.2) is 36.8 Å². The fourth-order valence-corrected chi connectivity index (χ4v) is 4.14. The number of nitrogens with zero attached hydrogens (tertiary/aromatic N) is 4. The van der Waals surface area contributed by atoms with E-state index in [9.17, 15) is 14.4 Å². The number of carbonyl (C=O) groups excluding carboxylic acids is 3. The van der Waals surface area contributed by atoms with Gasteiger partial charge in [0.25, 0.3) is 11.8 Å². The molecule has 194 valence electrons. The fraction of sp³-hybridized carbons (Fsp3) is 0.500. The number of anilines is 1. The molecule has 0 saturated heterocycles. The van der Waals surface area contributed by atoms with E-state index in [4.69, 9.17) is 9.47 Å². The highest BCUT2D eigenvalue weighted by Crippen LogP contribution is 2.27. The van der Waals surface area contributed by atoms with E-state index in [1.54, 1.807) is 42.2 Å². The van der Waals surface area contributed by atoms with Gasteiger partial charge < -0.3 is 24.6 Å². The minimum Gasteiger partial charge on any atom is -0.491 e. The van der Waals surface area contributed by atoms with E-state index >= 15 is 0 Å². The molecule has 2 aromatic rings. The number of fused-ring (bicyclic) bond motifs is 1. The van der Waals surface area contributed by atoms with Crippen molar-refractivity contribution < 1.29 is 23.9 Å². The highest BCUT2D eigenvalue weighted by molar-refractivity contribution is 5.99. The molecule has 0 bridgehead atoms. The molecule has 3 amide bonds. The second-order valence-electron chi connectivity index (χ2n) is 9.15. The molecule has 10 nitrogen and oxygen atoms in total. The number of likely N-dealkylation sites (N-methyl/N-ethyl adjacent to an activating group) is 1. The largest absolute Gasteiger partial charge is 0.491 e. The summed E-state index contributed by atoms with van der Waals surface area (Å²) in [5.74, 6) is -0.330. The third-order valence-electron chi connectivity index (χ3n) is 6.25. The number of benzene rings is 1. The summed E-state index contributed by atoms with van der Waals surface area (Å²) in [5.41, 5.74) is 1.10. The van der Waals surface area contributed by atoms with Crippen molar-refractivity contribution in [1.29, 1.82) is 0 Å². The van der Waals surface area contributed by atoms with Gasteiger partial charge in [-0.1, -0.05) is 13.8 Å². The zero-order chi connectivity index (χ0) is 26.2. The van der Waals surface area contributed by atoms with Crippen molar-refractivity contribution in [2.75, 3.05) is 39.2 Å². The number of amides is 3. The molecule has 1 aromatic heterocycles. The summed E-state index contributed by atoms with van der Waals surface area (Å²) >= 11 is 0. The van der Waals surface area contributed by atoms with Gasteiger partial charge in [-0.15, -0.1) is 0 Å². The van der Waals surface area contributed by atoms with E-state index in [0.717, 1.165) is 6.42 Å². The van der Waals surface area contributed by atoms with Crippen LogP contribution in [-0.2, 0) is 9.53 Å². The molecule has 0 fully saturated rings.